The molecule has 0 N–H and O–H groups in total. The molecule has 0 aliphatic rings. The zero-order valence-corrected chi connectivity index (χ0v) is 10.6. The average molecular weight is 220 g/mol. The largest absolute Gasteiger partial charge is 0.376 e. The molecule has 1 aromatic carbocycles. The molecule has 0 aliphatic heterocycles. The second kappa shape index (κ2) is 8.35. The summed E-state index contributed by atoms with van der Waals surface area (Å²) < 4.78 is 5.77. The number of hydrogen-bond donors (Lipinski definition) is 0. The summed E-state index contributed by atoms with van der Waals surface area (Å²) in [5, 5.41) is 0. The van der Waals surface area contributed by atoms with Crippen LogP contribution >= 0.6 is 0 Å². The van der Waals surface area contributed by atoms with Crippen molar-refractivity contribution in [2.24, 2.45) is 5.92 Å². The van der Waals surface area contributed by atoms with E-state index in [0.29, 0.717) is 0 Å². The Morgan fingerprint density at radius 2 is 1.88 bits per heavy atom. The number of benzene rings is 1. The van der Waals surface area contributed by atoms with E-state index < -0.39 is 0 Å². The van der Waals surface area contributed by atoms with E-state index in [1.54, 1.807) is 0 Å². The Morgan fingerprint density at radius 3 is 2.50 bits per heavy atom. The highest BCUT2D eigenvalue weighted by Gasteiger charge is 2.05. The van der Waals surface area contributed by atoms with Gasteiger partial charge in [-0.3, -0.25) is 0 Å². The zero-order chi connectivity index (χ0) is 11.6. The number of ether oxygens (including phenoxy) is 1. The molecule has 16 heavy (non-hydrogen) atoms. The van der Waals surface area contributed by atoms with Crippen LogP contribution in [-0.2, 0) is 11.3 Å². The molecule has 1 nitrogen and oxygen atoms in total. The molecule has 1 unspecified atom stereocenters. The molecule has 0 aromatic heterocycles. The van der Waals surface area contributed by atoms with Gasteiger partial charge < -0.3 is 4.74 Å². The maximum atomic E-state index is 5.77. The lowest BCUT2D eigenvalue weighted by molar-refractivity contribution is 0.0820. The van der Waals surface area contributed by atoms with Gasteiger partial charge in [0.15, 0.2) is 0 Å². The summed E-state index contributed by atoms with van der Waals surface area (Å²) in [4.78, 5) is 0. The Hall–Kier alpha value is -0.820. The maximum Gasteiger partial charge on any atom is 0.0717 e. The SMILES string of the molecule is CCCCC(CC)COCc1ccccc1. The van der Waals surface area contributed by atoms with Gasteiger partial charge in [-0.05, 0) is 17.9 Å². The predicted octanol–water partition coefficient (Wildman–Crippen LogP) is 4.42. The molecule has 1 rings (SSSR count). The van der Waals surface area contributed by atoms with E-state index in [1.807, 2.05) is 6.07 Å². The Morgan fingerprint density at radius 1 is 1.12 bits per heavy atom. The topological polar surface area (TPSA) is 9.23 Å². The molecule has 90 valence electrons. The minimum absolute atomic E-state index is 0.740. The summed E-state index contributed by atoms with van der Waals surface area (Å²) in [5.74, 6) is 0.740. The molecule has 0 amide bonds. The van der Waals surface area contributed by atoms with Crippen LogP contribution in [0.5, 0.6) is 0 Å². The first-order valence-electron chi connectivity index (χ1n) is 6.48. The summed E-state index contributed by atoms with van der Waals surface area (Å²) in [5.41, 5.74) is 1.27. The Balaban J connectivity index is 2.18. The molecule has 0 fully saturated rings. The number of rotatable bonds is 8. The van der Waals surface area contributed by atoms with E-state index in [-0.39, 0.29) is 0 Å². The fraction of sp³-hybridized carbons (Fsp3) is 0.600. The van der Waals surface area contributed by atoms with E-state index in [2.05, 4.69) is 38.1 Å². The molecule has 0 saturated carbocycles. The summed E-state index contributed by atoms with van der Waals surface area (Å²) in [6.45, 7) is 6.17. The van der Waals surface area contributed by atoms with Crippen LogP contribution in [0.2, 0.25) is 0 Å². The van der Waals surface area contributed by atoms with Crippen molar-refractivity contribution >= 4 is 0 Å². The normalized spacial score (nSPS) is 12.6. The van der Waals surface area contributed by atoms with Gasteiger partial charge in [0.2, 0.25) is 0 Å². The standard InChI is InChI=1S/C15H24O/c1-3-5-9-14(4-2)12-16-13-15-10-7-6-8-11-15/h6-8,10-11,14H,3-5,9,12-13H2,1-2H3. The highest BCUT2D eigenvalue weighted by molar-refractivity contribution is 5.13. The van der Waals surface area contributed by atoms with Gasteiger partial charge in [0.25, 0.3) is 0 Å². The van der Waals surface area contributed by atoms with Crippen LogP contribution in [0.25, 0.3) is 0 Å². The van der Waals surface area contributed by atoms with E-state index in [1.165, 1.54) is 31.2 Å². The lowest BCUT2D eigenvalue weighted by Gasteiger charge is -2.14. The third kappa shape index (κ3) is 5.32. The second-order valence-electron chi connectivity index (χ2n) is 4.42. The minimum Gasteiger partial charge on any atom is -0.376 e. The lowest BCUT2D eigenvalue weighted by atomic mass is 10.0. The highest BCUT2D eigenvalue weighted by Crippen LogP contribution is 2.13. The summed E-state index contributed by atoms with van der Waals surface area (Å²) in [7, 11) is 0. The smallest absolute Gasteiger partial charge is 0.0717 e. The van der Waals surface area contributed by atoms with Crippen molar-refractivity contribution in [3.63, 3.8) is 0 Å². The van der Waals surface area contributed by atoms with Gasteiger partial charge >= 0.3 is 0 Å². The van der Waals surface area contributed by atoms with E-state index in [4.69, 9.17) is 4.74 Å². The van der Waals surface area contributed by atoms with E-state index in [9.17, 15) is 0 Å². The van der Waals surface area contributed by atoms with Crippen molar-refractivity contribution in [3.8, 4) is 0 Å². The summed E-state index contributed by atoms with van der Waals surface area (Å²) in [6, 6.07) is 10.4. The molecule has 0 aliphatic carbocycles. The minimum atomic E-state index is 0.740. The highest BCUT2D eigenvalue weighted by atomic mass is 16.5. The van der Waals surface area contributed by atoms with E-state index >= 15 is 0 Å². The van der Waals surface area contributed by atoms with Crippen molar-refractivity contribution in [1.29, 1.82) is 0 Å². The fourth-order valence-electron chi connectivity index (χ4n) is 1.82. The van der Waals surface area contributed by atoms with Gasteiger partial charge in [-0.25, -0.2) is 0 Å². The first-order valence-corrected chi connectivity index (χ1v) is 6.48. The molecule has 1 aromatic rings. The second-order valence-corrected chi connectivity index (χ2v) is 4.42. The molecule has 1 heteroatoms. The molecule has 0 spiro atoms. The first kappa shape index (κ1) is 13.2. The first-order chi connectivity index (χ1) is 7.86. The Kier molecular flexibility index (Phi) is 6.91. The monoisotopic (exact) mass is 220 g/mol. The quantitative estimate of drug-likeness (QED) is 0.630. The van der Waals surface area contributed by atoms with Gasteiger partial charge in [0.1, 0.15) is 0 Å². The van der Waals surface area contributed by atoms with Crippen molar-refractivity contribution in [2.75, 3.05) is 6.61 Å². The van der Waals surface area contributed by atoms with Crippen molar-refractivity contribution in [3.05, 3.63) is 35.9 Å². The van der Waals surface area contributed by atoms with Crippen LogP contribution in [0.3, 0.4) is 0 Å². The van der Waals surface area contributed by atoms with Gasteiger partial charge in [-0.2, -0.15) is 0 Å². The van der Waals surface area contributed by atoms with Crippen LogP contribution < -0.4 is 0 Å². The molecule has 0 radical (unpaired) electrons. The lowest BCUT2D eigenvalue weighted by Crippen LogP contribution is -2.08. The van der Waals surface area contributed by atoms with E-state index in [0.717, 1.165) is 19.1 Å². The Labute approximate surface area is 99.8 Å². The number of hydrogen-bond acceptors (Lipinski definition) is 1. The van der Waals surface area contributed by atoms with Crippen LogP contribution in [0.4, 0.5) is 0 Å². The van der Waals surface area contributed by atoms with Gasteiger partial charge in [0.05, 0.1) is 6.61 Å². The van der Waals surface area contributed by atoms with Gasteiger partial charge in [-0.1, -0.05) is 63.4 Å². The van der Waals surface area contributed by atoms with Crippen molar-refractivity contribution in [2.45, 2.75) is 46.1 Å². The Bertz CT molecular complexity index is 255. The fourth-order valence-corrected chi connectivity index (χ4v) is 1.82. The number of unbranched alkanes of at least 4 members (excludes halogenated alkanes) is 1. The zero-order valence-electron chi connectivity index (χ0n) is 10.6. The van der Waals surface area contributed by atoms with Gasteiger partial charge in [-0.15, -0.1) is 0 Å². The molecular formula is C15H24O. The molecule has 0 heterocycles. The molecule has 0 bridgehead atoms. The summed E-state index contributed by atoms with van der Waals surface area (Å²) >= 11 is 0. The van der Waals surface area contributed by atoms with Crippen LogP contribution in [-0.4, -0.2) is 6.61 Å². The molecule has 0 saturated heterocycles. The van der Waals surface area contributed by atoms with Crippen LogP contribution in [0, 0.1) is 5.92 Å². The molecule has 1 atom stereocenters. The maximum absolute atomic E-state index is 5.77. The molecular weight excluding hydrogens is 196 g/mol. The summed E-state index contributed by atoms with van der Waals surface area (Å²) in [6.07, 6.45) is 5.15. The third-order valence-electron chi connectivity index (χ3n) is 3.01. The third-order valence-corrected chi connectivity index (χ3v) is 3.01. The van der Waals surface area contributed by atoms with Crippen molar-refractivity contribution < 1.29 is 4.74 Å². The van der Waals surface area contributed by atoms with Crippen LogP contribution in [0.15, 0.2) is 30.3 Å². The van der Waals surface area contributed by atoms with Gasteiger partial charge in [0, 0.05) is 6.61 Å². The predicted molar refractivity (Wildman–Crippen MR) is 69.4 cm³/mol. The van der Waals surface area contributed by atoms with Crippen molar-refractivity contribution in [1.82, 2.24) is 0 Å². The average Bonchev–Trinajstić information content (AvgIpc) is 2.35. The van der Waals surface area contributed by atoms with Crippen LogP contribution in [0.1, 0.15) is 45.1 Å².